The zero-order valence-corrected chi connectivity index (χ0v) is 12.6. The highest BCUT2D eigenvalue weighted by Crippen LogP contribution is 2.42. The Hall–Kier alpha value is -0.870. The van der Waals surface area contributed by atoms with E-state index in [4.69, 9.17) is 4.74 Å². The van der Waals surface area contributed by atoms with E-state index in [0.29, 0.717) is 18.1 Å². The maximum Gasteiger partial charge on any atom is 0.0946 e. The van der Waals surface area contributed by atoms with Gasteiger partial charge in [-0.25, -0.2) is 4.98 Å². The van der Waals surface area contributed by atoms with Crippen molar-refractivity contribution in [2.75, 3.05) is 13.2 Å². The van der Waals surface area contributed by atoms with Crippen LogP contribution in [0.2, 0.25) is 0 Å². The predicted molar refractivity (Wildman–Crippen MR) is 77.0 cm³/mol. The summed E-state index contributed by atoms with van der Waals surface area (Å²) in [5, 5.41) is 3.64. The van der Waals surface area contributed by atoms with Gasteiger partial charge in [0, 0.05) is 43.5 Å². The molecular formula is C15H27N3O. The van der Waals surface area contributed by atoms with Crippen molar-refractivity contribution in [3.8, 4) is 0 Å². The van der Waals surface area contributed by atoms with Crippen molar-refractivity contribution in [1.82, 2.24) is 14.9 Å². The number of rotatable bonds is 7. The summed E-state index contributed by atoms with van der Waals surface area (Å²) in [6.45, 7) is 11.8. The van der Waals surface area contributed by atoms with Crippen LogP contribution in [-0.4, -0.2) is 34.8 Å². The summed E-state index contributed by atoms with van der Waals surface area (Å²) in [7, 11) is 0. The Bertz CT molecular complexity index is 373. The second-order valence-corrected chi connectivity index (χ2v) is 6.58. The molecule has 2 rings (SSSR count). The van der Waals surface area contributed by atoms with Crippen molar-refractivity contribution >= 4 is 0 Å². The third-order valence-electron chi connectivity index (χ3n) is 4.13. The van der Waals surface area contributed by atoms with Crippen LogP contribution in [-0.2, 0) is 11.3 Å². The third-order valence-corrected chi connectivity index (χ3v) is 4.13. The molecule has 2 unspecified atom stereocenters. The standard InChI is InChI=1S/C15H27N3O/c1-12(2)10-19-14-9-13(15(14,3)4)17-6-8-18-7-5-16-11-18/h5,7,11-14,17H,6,8-10H2,1-4H3. The zero-order valence-electron chi connectivity index (χ0n) is 12.6. The number of imidazole rings is 1. The first-order valence-corrected chi connectivity index (χ1v) is 7.31. The van der Waals surface area contributed by atoms with Crippen LogP contribution in [0.1, 0.15) is 34.1 Å². The highest BCUT2D eigenvalue weighted by Gasteiger charge is 2.48. The van der Waals surface area contributed by atoms with Gasteiger partial charge in [-0.05, 0) is 12.3 Å². The van der Waals surface area contributed by atoms with Gasteiger partial charge < -0.3 is 14.6 Å². The summed E-state index contributed by atoms with van der Waals surface area (Å²) in [6.07, 6.45) is 7.22. The Balaban J connectivity index is 1.69. The Morgan fingerprint density at radius 1 is 1.47 bits per heavy atom. The van der Waals surface area contributed by atoms with E-state index >= 15 is 0 Å². The average Bonchev–Trinajstić information content (AvgIpc) is 2.84. The second kappa shape index (κ2) is 6.06. The highest BCUT2D eigenvalue weighted by atomic mass is 16.5. The number of aromatic nitrogens is 2. The molecule has 0 bridgehead atoms. The van der Waals surface area contributed by atoms with Crippen molar-refractivity contribution in [3.63, 3.8) is 0 Å². The molecule has 19 heavy (non-hydrogen) atoms. The Labute approximate surface area is 116 Å². The van der Waals surface area contributed by atoms with Gasteiger partial charge >= 0.3 is 0 Å². The van der Waals surface area contributed by atoms with Crippen LogP contribution >= 0.6 is 0 Å². The summed E-state index contributed by atoms with van der Waals surface area (Å²) in [5.74, 6) is 0.615. The molecule has 108 valence electrons. The monoisotopic (exact) mass is 265 g/mol. The van der Waals surface area contributed by atoms with Gasteiger partial charge in [-0.2, -0.15) is 0 Å². The van der Waals surface area contributed by atoms with E-state index < -0.39 is 0 Å². The fraction of sp³-hybridized carbons (Fsp3) is 0.800. The quantitative estimate of drug-likeness (QED) is 0.822. The van der Waals surface area contributed by atoms with Gasteiger partial charge in [0.2, 0.25) is 0 Å². The zero-order chi connectivity index (χ0) is 13.9. The van der Waals surface area contributed by atoms with Crippen LogP contribution in [0.3, 0.4) is 0 Å². The van der Waals surface area contributed by atoms with Crippen molar-refractivity contribution < 1.29 is 4.74 Å². The van der Waals surface area contributed by atoms with Crippen molar-refractivity contribution in [1.29, 1.82) is 0 Å². The summed E-state index contributed by atoms with van der Waals surface area (Å²) in [5.41, 5.74) is 0.240. The van der Waals surface area contributed by atoms with E-state index in [0.717, 1.165) is 26.1 Å². The maximum absolute atomic E-state index is 5.98. The molecule has 2 atom stereocenters. The number of ether oxygens (including phenoxy) is 1. The topological polar surface area (TPSA) is 39.1 Å². The Morgan fingerprint density at radius 2 is 2.26 bits per heavy atom. The summed E-state index contributed by atoms with van der Waals surface area (Å²) in [4.78, 5) is 4.05. The van der Waals surface area contributed by atoms with Crippen LogP contribution in [0.5, 0.6) is 0 Å². The molecule has 0 spiro atoms. The van der Waals surface area contributed by atoms with Gasteiger partial charge in [-0.1, -0.05) is 27.7 Å². The van der Waals surface area contributed by atoms with Crippen molar-refractivity contribution in [2.45, 2.75) is 52.8 Å². The van der Waals surface area contributed by atoms with Crippen LogP contribution in [0.25, 0.3) is 0 Å². The van der Waals surface area contributed by atoms with E-state index in [2.05, 4.69) is 42.6 Å². The number of hydrogen-bond acceptors (Lipinski definition) is 3. The molecule has 1 N–H and O–H groups in total. The number of nitrogens with one attached hydrogen (secondary N) is 1. The van der Waals surface area contributed by atoms with E-state index in [-0.39, 0.29) is 5.41 Å². The summed E-state index contributed by atoms with van der Waals surface area (Å²) in [6, 6.07) is 0.563. The van der Waals surface area contributed by atoms with Gasteiger partial charge in [0.25, 0.3) is 0 Å². The molecule has 1 fully saturated rings. The fourth-order valence-electron chi connectivity index (χ4n) is 2.61. The van der Waals surface area contributed by atoms with Gasteiger partial charge in [0.05, 0.1) is 12.4 Å². The lowest BCUT2D eigenvalue weighted by Gasteiger charge is -2.52. The Kier molecular flexibility index (Phi) is 4.63. The lowest BCUT2D eigenvalue weighted by molar-refractivity contribution is -0.123. The molecule has 1 aromatic heterocycles. The van der Waals surface area contributed by atoms with Gasteiger partial charge in [-0.3, -0.25) is 0 Å². The average molecular weight is 265 g/mol. The van der Waals surface area contributed by atoms with Gasteiger partial charge in [-0.15, -0.1) is 0 Å². The van der Waals surface area contributed by atoms with Crippen molar-refractivity contribution in [3.05, 3.63) is 18.7 Å². The largest absolute Gasteiger partial charge is 0.377 e. The minimum Gasteiger partial charge on any atom is -0.377 e. The molecular weight excluding hydrogens is 238 g/mol. The van der Waals surface area contributed by atoms with Crippen LogP contribution in [0, 0.1) is 11.3 Å². The lowest BCUT2D eigenvalue weighted by Crippen LogP contribution is -2.61. The highest BCUT2D eigenvalue weighted by molar-refractivity contribution is 5.02. The van der Waals surface area contributed by atoms with Gasteiger partial charge in [0.15, 0.2) is 0 Å². The van der Waals surface area contributed by atoms with Crippen molar-refractivity contribution in [2.24, 2.45) is 11.3 Å². The summed E-state index contributed by atoms with van der Waals surface area (Å²) >= 11 is 0. The molecule has 0 radical (unpaired) electrons. The van der Waals surface area contributed by atoms with E-state index in [1.807, 2.05) is 18.7 Å². The van der Waals surface area contributed by atoms with E-state index in [9.17, 15) is 0 Å². The minimum atomic E-state index is 0.240. The smallest absolute Gasteiger partial charge is 0.0946 e. The second-order valence-electron chi connectivity index (χ2n) is 6.58. The minimum absolute atomic E-state index is 0.240. The number of nitrogens with zero attached hydrogens (tertiary/aromatic N) is 2. The van der Waals surface area contributed by atoms with E-state index in [1.165, 1.54) is 0 Å². The molecule has 4 heteroatoms. The van der Waals surface area contributed by atoms with Crippen LogP contribution in [0.4, 0.5) is 0 Å². The molecule has 4 nitrogen and oxygen atoms in total. The first-order chi connectivity index (χ1) is 9.00. The summed E-state index contributed by atoms with van der Waals surface area (Å²) < 4.78 is 8.08. The first kappa shape index (κ1) is 14.5. The maximum atomic E-state index is 5.98. The molecule has 0 aliphatic heterocycles. The number of hydrogen-bond donors (Lipinski definition) is 1. The molecule has 1 aliphatic rings. The molecule has 0 amide bonds. The Morgan fingerprint density at radius 3 is 2.84 bits per heavy atom. The normalized spacial score (nSPS) is 25.5. The van der Waals surface area contributed by atoms with Gasteiger partial charge in [0.1, 0.15) is 0 Å². The van der Waals surface area contributed by atoms with Crippen LogP contribution < -0.4 is 5.32 Å². The SMILES string of the molecule is CC(C)COC1CC(NCCn2ccnc2)C1(C)C. The van der Waals surface area contributed by atoms with E-state index in [1.54, 1.807) is 0 Å². The molecule has 1 aliphatic carbocycles. The molecule has 1 heterocycles. The molecule has 0 saturated heterocycles. The third kappa shape index (κ3) is 3.57. The molecule has 1 saturated carbocycles. The molecule has 0 aromatic carbocycles. The fourth-order valence-corrected chi connectivity index (χ4v) is 2.61. The first-order valence-electron chi connectivity index (χ1n) is 7.31. The lowest BCUT2D eigenvalue weighted by atomic mass is 9.64. The predicted octanol–water partition coefficient (Wildman–Crippen LogP) is 2.31. The molecule has 1 aromatic rings. The van der Waals surface area contributed by atoms with Crippen LogP contribution in [0.15, 0.2) is 18.7 Å².